The van der Waals surface area contributed by atoms with Crippen LogP contribution in [-0.4, -0.2) is 18.2 Å². The molecule has 5 heteroatoms. The zero-order valence-electron chi connectivity index (χ0n) is 11.9. The Hall–Kier alpha value is -3.08. The molecule has 22 heavy (non-hydrogen) atoms. The van der Waals surface area contributed by atoms with E-state index >= 15 is 0 Å². The van der Waals surface area contributed by atoms with Gasteiger partial charge in [0.25, 0.3) is 5.91 Å². The number of hydrogen-bond donors (Lipinski definition) is 1. The number of benzene rings is 2. The molecule has 1 heterocycles. The van der Waals surface area contributed by atoms with Crippen LogP contribution in [0.15, 0.2) is 65.2 Å². The summed E-state index contributed by atoms with van der Waals surface area (Å²) < 4.78 is 10.3. The van der Waals surface area contributed by atoms with E-state index in [0.717, 1.165) is 5.56 Å². The van der Waals surface area contributed by atoms with Crippen LogP contribution in [0.4, 0.5) is 5.88 Å². The fourth-order valence-corrected chi connectivity index (χ4v) is 2.03. The monoisotopic (exact) mass is 294 g/mol. The molecular weight excluding hydrogens is 280 g/mol. The molecule has 0 fully saturated rings. The first-order chi connectivity index (χ1) is 10.8. The van der Waals surface area contributed by atoms with Gasteiger partial charge in [-0.2, -0.15) is 0 Å². The standard InChI is InChI=1S/C17H14N2O3/c1-21-14-9-5-8-13(10-14)17(20)18-16-11-15(19-22-16)12-6-3-2-4-7-12/h2-11H,1H3,(H,18,20). The predicted octanol–water partition coefficient (Wildman–Crippen LogP) is 3.60. The number of amides is 1. The van der Waals surface area contributed by atoms with Crippen LogP contribution in [0.5, 0.6) is 5.75 Å². The number of ether oxygens (including phenoxy) is 1. The first kappa shape index (κ1) is 13.9. The molecule has 5 nitrogen and oxygen atoms in total. The molecule has 0 unspecified atom stereocenters. The van der Waals surface area contributed by atoms with Crippen LogP contribution in [0.1, 0.15) is 10.4 Å². The molecule has 0 aliphatic rings. The average Bonchev–Trinajstić information content (AvgIpc) is 3.04. The topological polar surface area (TPSA) is 64.4 Å². The smallest absolute Gasteiger partial charge is 0.258 e. The van der Waals surface area contributed by atoms with Gasteiger partial charge in [-0.1, -0.05) is 41.6 Å². The molecule has 0 saturated heterocycles. The van der Waals surface area contributed by atoms with Gasteiger partial charge in [0.1, 0.15) is 11.4 Å². The van der Waals surface area contributed by atoms with Gasteiger partial charge in [0.15, 0.2) is 0 Å². The van der Waals surface area contributed by atoms with Crippen molar-refractivity contribution in [3.63, 3.8) is 0 Å². The van der Waals surface area contributed by atoms with E-state index in [2.05, 4.69) is 10.5 Å². The van der Waals surface area contributed by atoms with Gasteiger partial charge in [-0.05, 0) is 18.2 Å². The first-order valence-electron chi connectivity index (χ1n) is 6.74. The normalized spacial score (nSPS) is 10.2. The zero-order valence-corrected chi connectivity index (χ0v) is 11.9. The molecule has 0 aliphatic carbocycles. The second-order valence-corrected chi connectivity index (χ2v) is 4.63. The third-order valence-corrected chi connectivity index (χ3v) is 3.15. The maximum Gasteiger partial charge on any atom is 0.258 e. The summed E-state index contributed by atoms with van der Waals surface area (Å²) in [6.07, 6.45) is 0. The summed E-state index contributed by atoms with van der Waals surface area (Å²) in [7, 11) is 1.56. The highest BCUT2D eigenvalue weighted by molar-refractivity contribution is 6.03. The molecule has 1 N–H and O–H groups in total. The third kappa shape index (κ3) is 2.98. The highest BCUT2D eigenvalue weighted by Crippen LogP contribution is 2.22. The van der Waals surface area contributed by atoms with E-state index in [9.17, 15) is 4.79 Å². The zero-order chi connectivity index (χ0) is 15.4. The molecule has 2 aromatic carbocycles. The highest BCUT2D eigenvalue weighted by atomic mass is 16.5. The van der Waals surface area contributed by atoms with E-state index in [1.54, 1.807) is 37.4 Å². The van der Waals surface area contributed by atoms with Gasteiger partial charge in [-0.15, -0.1) is 0 Å². The maximum atomic E-state index is 12.2. The van der Waals surface area contributed by atoms with Gasteiger partial charge in [0.2, 0.25) is 5.88 Å². The fraction of sp³-hybridized carbons (Fsp3) is 0.0588. The van der Waals surface area contributed by atoms with Crippen LogP contribution in [0, 0.1) is 0 Å². The van der Waals surface area contributed by atoms with Crippen molar-refractivity contribution in [1.29, 1.82) is 0 Å². The summed E-state index contributed by atoms with van der Waals surface area (Å²) >= 11 is 0. The molecular formula is C17H14N2O3. The van der Waals surface area contributed by atoms with Crippen molar-refractivity contribution in [2.24, 2.45) is 0 Å². The Bertz CT molecular complexity index is 781. The molecule has 3 aromatic rings. The summed E-state index contributed by atoms with van der Waals surface area (Å²) in [4.78, 5) is 12.2. The quantitative estimate of drug-likeness (QED) is 0.798. The summed E-state index contributed by atoms with van der Waals surface area (Å²) in [5, 5.41) is 6.63. The molecule has 3 rings (SSSR count). The van der Waals surface area contributed by atoms with E-state index in [-0.39, 0.29) is 5.91 Å². The van der Waals surface area contributed by atoms with E-state index in [1.165, 1.54) is 0 Å². The first-order valence-corrected chi connectivity index (χ1v) is 6.74. The van der Waals surface area contributed by atoms with Crippen molar-refractivity contribution in [2.45, 2.75) is 0 Å². The van der Waals surface area contributed by atoms with E-state index in [4.69, 9.17) is 9.26 Å². The number of carbonyl (C=O) groups excluding carboxylic acids is 1. The van der Waals surface area contributed by atoms with Crippen LogP contribution in [0.25, 0.3) is 11.3 Å². The molecule has 0 bridgehead atoms. The number of rotatable bonds is 4. The summed E-state index contributed by atoms with van der Waals surface area (Å²) in [6.45, 7) is 0. The minimum absolute atomic E-state index is 0.283. The second-order valence-electron chi connectivity index (χ2n) is 4.63. The number of hydrogen-bond acceptors (Lipinski definition) is 4. The Kier molecular flexibility index (Phi) is 3.87. The molecule has 1 amide bonds. The van der Waals surface area contributed by atoms with Crippen LogP contribution < -0.4 is 10.1 Å². The van der Waals surface area contributed by atoms with Gasteiger partial charge in [-0.25, -0.2) is 0 Å². The molecule has 0 saturated carbocycles. The Morgan fingerprint density at radius 3 is 2.68 bits per heavy atom. The Morgan fingerprint density at radius 2 is 1.91 bits per heavy atom. The van der Waals surface area contributed by atoms with Gasteiger partial charge in [0.05, 0.1) is 7.11 Å². The number of anilines is 1. The Balaban J connectivity index is 1.76. The highest BCUT2D eigenvalue weighted by Gasteiger charge is 2.11. The third-order valence-electron chi connectivity index (χ3n) is 3.15. The molecule has 1 aromatic heterocycles. The van der Waals surface area contributed by atoms with Gasteiger partial charge < -0.3 is 9.26 Å². The molecule has 0 aliphatic heterocycles. The van der Waals surface area contributed by atoms with Crippen molar-refractivity contribution >= 4 is 11.8 Å². The molecule has 0 atom stereocenters. The van der Waals surface area contributed by atoms with Crippen molar-refractivity contribution in [1.82, 2.24) is 5.16 Å². The molecule has 110 valence electrons. The number of carbonyl (C=O) groups is 1. The minimum Gasteiger partial charge on any atom is -0.497 e. The summed E-state index contributed by atoms with van der Waals surface area (Å²) in [5.74, 6) is 0.636. The summed E-state index contributed by atoms with van der Waals surface area (Å²) in [6, 6.07) is 18.2. The van der Waals surface area contributed by atoms with Crippen LogP contribution in [0.2, 0.25) is 0 Å². The second kappa shape index (κ2) is 6.13. The van der Waals surface area contributed by atoms with Crippen molar-refractivity contribution in [3.05, 3.63) is 66.2 Å². The van der Waals surface area contributed by atoms with Crippen molar-refractivity contribution in [3.8, 4) is 17.0 Å². The lowest BCUT2D eigenvalue weighted by Gasteiger charge is -2.03. The Morgan fingerprint density at radius 1 is 1.09 bits per heavy atom. The van der Waals surface area contributed by atoms with Gasteiger partial charge in [0, 0.05) is 17.2 Å². The number of nitrogens with zero attached hydrogens (tertiary/aromatic N) is 1. The lowest BCUT2D eigenvalue weighted by atomic mass is 10.1. The number of methoxy groups -OCH3 is 1. The Labute approximate surface area is 127 Å². The SMILES string of the molecule is COc1cccc(C(=O)Nc2cc(-c3ccccc3)no2)c1. The van der Waals surface area contributed by atoms with E-state index < -0.39 is 0 Å². The van der Waals surface area contributed by atoms with Crippen LogP contribution in [-0.2, 0) is 0 Å². The number of nitrogens with one attached hydrogen (secondary N) is 1. The lowest BCUT2D eigenvalue weighted by molar-refractivity contribution is 0.102. The van der Waals surface area contributed by atoms with E-state index in [0.29, 0.717) is 22.9 Å². The summed E-state index contributed by atoms with van der Waals surface area (Å²) in [5.41, 5.74) is 2.08. The average molecular weight is 294 g/mol. The van der Waals surface area contributed by atoms with Gasteiger partial charge >= 0.3 is 0 Å². The largest absolute Gasteiger partial charge is 0.497 e. The number of aromatic nitrogens is 1. The molecule has 0 spiro atoms. The van der Waals surface area contributed by atoms with E-state index in [1.807, 2.05) is 30.3 Å². The lowest BCUT2D eigenvalue weighted by Crippen LogP contribution is -2.11. The minimum atomic E-state index is -0.283. The van der Waals surface area contributed by atoms with Gasteiger partial charge in [-0.3, -0.25) is 10.1 Å². The fourth-order valence-electron chi connectivity index (χ4n) is 2.03. The van der Waals surface area contributed by atoms with Crippen molar-refractivity contribution in [2.75, 3.05) is 12.4 Å². The maximum absolute atomic E-state index is 12.2. The molecule has 0 radical (unpaired) electrons. The van der Waals surface area contributed by atoms with Crippen LogP contribution >= 0.6 is 0 Å². The van der Waals surface area contributed by atoms with Crippen molar-refractivity contribution < 1.29 is 14.1 Å². The van der Waals surface area contributed by atoms with Crippen LogP contribution in [0.3, 0.4) is 0 Å². The predicted molar refractivity (Wildman–Crippen MR) is 82.9 cm³/mol.